The van der Waals surface area contributed by atoms with E-state index in [2.05, 4.69) is 36.2 Å². The molecule has 1 heterocycles. The first kappa shape index (κ1) is 16.1. The van der Waals surface area contributed by atoms with Gasteiger partial charge in [-0.1, -0.05) is 0 Å². The number of benzene rings is 1. The minimum atomic E-state index is -0.243. The Labute approximate surface area is 132 Å². The van der Waals surface area contributed by atoms with Crippen molar-refractivity contribution < 1.29 is 9.53 Å². The van der Waals surface area contributed by atoms with E-state index in [1.165, 1.54) is 0 Å². The summed E-state index contributed by atoms with van der Waals surface area (Å²) in [4.78, 5) is 14.6. The summed E-state index contributed by atoms with van der Waals surface area (Å²) in [5.74, 6) is -0.243. The molecule has 1 aliphatic rings. The van der Waals surface area contributed by atoms with Crippen LogP contribution in [0.4, 0.5) is 0 Å². The maximum atomic E-state index is 12.2. The summed E-state index contributed by atoms with van der Waals surface area (Å²) in [6.45, 7) is 8.46. The van der Waals surface area contributed by atoms with Gasteiger partial charge in [-0.2, -0.15) is 0 Å². The van der Waals surface area contributed by atoms with Crippen LogP contribution >= 0.6 is 0 Å². The summed E-state index contributed by atoms with van der Waals surface area (Å²) in [5, 5.41) is 3.61. The number of nitrogens with zero attached hydrogens (tertiary/aromatic N) is 1. The van der Waals surface area contributed by atoms with Crippen molar-refractivity contribution in [1.82, 2.24) is 10.2 Å². The number of esters is 1. The number of hydrogen-bond acceptors (Lipinski definition) is 4. The molecule has 1 aromatic rings. The van der Waals surface area contributed by atoms with Gasteiger partial charge in [0, 0.05) is 0 Å². The molecule has 1 atom stereocenters. The van der Waals surface area contributed by atoms with Gasteiger partial charge in [0.1, 0.15) is 0 Å². The molecular weight excluding hydrogens is 331 g/mol. The Morgan fingerprint density at radius 3 is 2.48 bits per heavy atom. The number of carbonyl (C=O) groups excluding carboxylic acids is 1. The molecule has 0 aliphatic carbocycles. The van der Waals surface area contributed by atoms with Crippen LogP contribution in [0.15, 0.2) is 36.0 Å². The van der Waals surface area contributed by atoms with Crippen LogP contribution in [0.3, 0.4) is 0 Å². The van der Waals surface area contributed by atoms with E-state index in [-0.39, 0.29) is 26.0 Å². The second kappa shape index (κ2) is 7.64. The van der Waals surface area contributed by atoms with Crippen LogP contribution in [0, 0.1) is 0 Å². The minimum absolute atomic E-state index is 0.176. The molecule has 0 radical (unpaired) electrons. The van der Waals surface area contributed by atoms with Gasteiger partial charge in [0.2, 0.25) is 0 Å². The zero-order chi connectivity index (χ0) is 15.2. The summed E-state index contributed by atoms with van der Waals surface area (Å²) < 4.78 is 6.31. The van der Waals surface area contributed by atoms with Crippen LogP contribution in [0.25, 0.3) is 4.47 Å². The van der Waals surface area contributed by atoms with Crippen LogP contribution in [-0.2, 0) is 9.53 Å². The number of hydrogen-bond donors (Lipinski definition) is 1. The molecule has 0 fully saturated rings. The van der Waals surface area contributed by atoms with E-state index in [1.54, 1.807) is 0 Å². The Balaban J connectivity index is 2.29. The van der Waals surface area contributed by atoms with Gasteiger partial charge in [0.05, 0.1) is 0 Å². The van der Waals surface area contributed by atoms with Gasteiger partial charge in [-0.05, 0) is 0 Å². The third-order valence-corrected chi connectivity index (χ3v) is 6.14. The summed E-state index contributed by atoms with van der Waals surface area (Å²) in [6.07, 6.45) is 0. The normalized spacial score (nSPS) is 18.0. The molecule has 0 bridgehead atoms. The van der Waals surface area contributed by atoms with E-state index < -0.39 is 0 Å². The van der Waals surface area contributed by atoms with Crippen molar-refractivity contribution in [3.05, 3.63) is 41.6 Å². The Bertz CT molecular complexity index is 512. The van der Waals surface area contributed by atoms with E-state index in [0.29, 0.717) is 12.3 Å². The SMILES string of the molecule is CCOC(=O)C1=C(c2ccccc2)[Se]C(N(CC)CC)N1. The first-order valence-electron chi connectivity index (χ1n) is 7.35. The first-order valence-corrected chi connectivity index (χ1v) is 9.19. The third-order valence-electron chi connectivity index (χ3n) is 3.38. The third kappa shape index (κ3) is 3.67. The monoisotopic (exact) mass is 354 g/mol. The van der Waals surface area contributed by atoms with Gasteiger partial charge in [0.25, 0.3) is 0 Å². The molecule has 114 valence electrons. The van der Waals surface area contributed by atoms with Crippen LogP contribution < -0.4 is 5.32 Å². The molecule has 1 N–H and O–H groups in total. The fourth-order valence-corrected chi connectivity index (χ4v) is 5.16. The fraction of sp³-hybridized carbons (Fsp3) is 0.438. The number of carbonyl (C=O) groups is 1. The molecule has 4 nitrogen and oxygen atoms in total. The van der Waals surface area contributed by atoms with Crippen LogP contribution in [0.5, 0.6) is 0 Å². The van der Waals surface area contributed by atoms with Gasteiger partial charge in [-0.3, -0.25) is 0 Å². The number of ether oxygens (including phenoxy) is 1. The van der Waals surface area contributed by atoms with E-state index in [1.807, 2.05) is 25.1 Å². The Kier molecular flexibility index (Phi) is 5.85. The van der Waals surface area contributed by atoms with Gasteiger partial charge in [-0.15, -0.1) is 0 Å². The van der Waals surface area contributed by atoms with Crippen LogP contribution in [-0.4, -0.2) is 50.6 Å². The van der Waals surface area contributed by atoms with Crippen molar-refractivity contribution in [2.24, 2.45) is 0 Å². The van der Waals surface area contributed by atoms with E-state index in [4.69, 9.17) is 4.74 Å². The van der Waals surface area contributed by atoms with Gasteiger partial charge in [0.15, 0.2) is 0 Å². The predicted octanol–water partition coefficient (Wildman–Crippen LogP) is 1.85. The zero-order valence-corrected chi connectivity index (χ0v) is 14.5. The molecule has 21 heavy (non-hydrogen) atoms. The maximum absolute atomic E-state index is 12.2. The zero-order valence-electron chi connectivity index (χ0n) is 12.8. The molecule has 0 saturated heterocycles. The standard InChI is InChI=1S/C16H22N2O2Se/c1-4-18(5-2)16-17-13(15(19)20-6-3)14(21-16)12-10-8-7-9-11-12/h7-11,16-17H,4-6H2,1-3H3. The van der Waals surface area contributed by atoms with Crippen molar-refractivity contribution in [2.75, 3.05) is 19.7 Å². The van der Waals surface area contributed by atoms with E-state index >= 15 is 0 Å². The van der Waals surface area contributed by atoms with Crippen molar-refractivity contribution in [1.29, 1.82) is 0 Å². The Hall–Kier alpha value is -1.29. The van der Waals surface area contributed by atoms with E-state index in [9.17, 15) is 4.79 Å². The van der Waals surface area contributed by atoms with Crippen molar-refractivity contribution >= 4 is 25.4 Å². The molecule has 0 spiro atoms. The second-order valence-corrected chi connectivity index (χ2v) is 6.91. The molecule has 1 unspecified atom stereocenters. The Morgan fingerprint density at radius 1 is 1.24 bits per heavy atom. The molecule has 5 heteroatoms. The predicted molar refractivity (Wildman–Crippen MR) is 85.6 cm³/mol. The molecule has 0 saturated carbocycles. The average molecular weight is 353 g/mol. The molecule has 0 aromatic heterocycles. The number of nitrogens with one attached hydrogen (secondary N) is 1. The number of rotatable bonds is 6. The summed E-state index contributed by atoms with van der Waals surface area (Å²) in [5.41, 5.74) is 1.75. The second-order valence-electron chi connectivity index (χ2n) is 4.63. The van der Waals surface area contributed by atoms with Crippen molar-refractivity contribution in [2.45, 2.75) is 25.8 Å². The van der Waals surface area contributed by atoms with Crippen molar-refractivity contribution in [3.8, 4) is 0 Å². The Morgan fingerprint density at radius 2 is 1.90 bits per heavy atom. The molecule has 1 aromatic carbocycles. The first-order chi connectivity index (χ1) is 10.2. The molecule has 1 aliphatic heterocycles. The quantitative estimate of drug-likeness (QED) is 0.626. The van der Waals surface area contributed by atoms with Crippen LogP contribution in [0.2, 0.25) is 0 Å². The van der Waals surface area contributed by atoms with Gasteiger partial charge in [-0.25, -0.2) is 0 Å². The van der Waals surface area contributed by atoms with Gasteiger partial charge >= 0.3 is 132 Å². The topological polar surface area (TPSA) is 41.6 Å². The molecule has 0 amide bonds. The molecular formula is C16H22N2O2Se. The average Bonchev–Trinajstić information content (AvgIpc) is 2.95. The summed E-state index contributed by atoms with van der Waals surface area (Å²) >= 11 is 0.176. The van der Waals surface area contributed by atoms with Gasteiger partial charge < -0.3 is 0 Å². The summed E-state index contributed by atoms with van der Waals surface area (Å²) in [6, 6.07) is 10.1. The van der Waals surface area contributed by atoms with Crippen LogP contribution in [0.1, 0.15) is 26.3 Å². The van der Waals surface area contributed by atoms with E-state index in [0.717, 1.165) is 23.1 Å². The van der Waals surface area contributed by atoms with Crippen molar-refractivity contribution in [3.63, 3.8) is 0 Å². The molecule has 2 rings (SSSR count). The summed E-state index contributed by atoms with van der Waals surface area (Å²) in [7, 11) is 0. The fourth-order valence-electron chi connectivity index (χ4n) is 2.27.